The zero-order valence-corrected chi connectivity index (χ0v) is 11.7. The molecule has 0 aromatic rings. The van der Waals surface area contributed by atoms with Gasteiger partial charge in [-0.15, -0.1) is 0 Å². The van der Waals surface area contributed by atoms with E-state index in [1.165, 1.54) is 6.42 Å². The molecule has 100 valence electrons. The smallest absolute Gasteiger partial charge is 0.223 e. The summed E-state index contributed by atoms with van der Waals surface area (Å²) in [5.74, 6) is 0.891. The molecule has 0 bridgehead atoms. The second-order valence-electron chi connectivity index (χ2n) is 5.33. The van der Waals surface area contributed by atoms with Crippen molar-refractivity contribution in [2.75, 3.05) is 19.6 Å². The van der Waals surface area contributed by atoms with Gasteiger partial charge in [-0.3, -0.25) is 4.79 Å². The molecule has 1 N–H and O–H groups in total. The number of hydrogen-bond acceptors (Lipinski definition) is 2. The molecule has 3 nitrogen and oxygen atoms in total. The van der Waals surface area contributed by atoms with Crippen molar-refractivity contribution in [2.24, 2.45) is 5.92 Å². The van der Waals surface area contributed by atoms with E-state index in [2.05, 4.69) is 31.0 Å². The van der Waals surface area contributed by atoms with E-state index in [1.807, 2.05) is 0 Å². The van der Waals surface area contributed by atoms with Crippen LogP contribution in [-0.2, 0) is 4.79 Å². The summed E-state index contributed by atoms with van der Waals surface area (Å²) in [6.45, 7) is 9.49. The Hall–Kier alpha value is -0.570. The Morgan fingerprint density at radius 1 is 1.41 bits per heavy atom. The summed E-state index contributed by atoms with van der Waals surface area (Å²) in [5, 5.41) is 3.35. The van der Waals surface area contributed by atoms with Crippen molar-refractivity contribution in [1.29, 1.82) is 0 Å². The van der Waals surface area contributed by atoms with Crippen LogP contribution in [0.15, 0.2) is 0 Å². The highest BCUT2D eigenvalue weighted by Gasteiger charge is 2.26. The molecule has 1 rings (SSSR count). The minimum atomic E-state index is 0.363. The molecule has 1 heterocycles. The first-order chi connectivity index (χ1) is 8.19. The van der Waals surface area contributed by atoms with Gasteiger partial charge < -0.3 is 10.2 Å². The summed E-state index contributed by atoms with van der Waals surface area (Å²) in [7, 11) is 0. The van der Waals surface area contributed by atoms with E-state index >= 15 is 0 Å². The highest BCUT2D eigenvalue weighted by Crippen LogP contribution is 2.16. The number of amides is 1. The summed E-state index contributed by atoms with van der Waals surface area (Å²) in [6.07, 6.45) is 5.24. The lowest BCUT2D eigenvalue weighted by Crippen LogP contribution is -2.42. The molecule has 3 heteroatoms. The largest absolute Gasteiger partial charge is 0.338 e. The van der Waals surface area contributed by atoms with Crippen molar-refractivity contribution < 1.29 is 4.79 Å². The zero-order chi connectivity index (χ0) is 12.7. The molecule has 0 saturated carbocycles. The van der Waals surface area contributed by atoms with Crippen LogP contribution in [0.5, 0.6) is 0 Å². The maximum Gasteiger partial charge on any atom is 0.223 e. The van der Waals surface area contributed by atoms with Gasteiger partial charge in [-0.25, -0.2) is 0 Å². The van der Waals surface area contributed by atoms with E-state index in [4.69, 9.17) is 0 Å². The van der Waals surface area contributed by atoms with Crippen LogP contribution in [0.25, 0.3) is 0 Å². The van der Waals surface area contributed by atoms with E-state index < -0.39 is 0 Å². The highest BCUT2D eigenvalue weighted by atomic mass is 16.2. The SMILES string of the molecule is CCCC(C)CC(=O)N(CCC)C1CCNC1. The Balaban J connectivity index is 2.47. The molecule has 1 saturated heterocycles. The Kier molecular flexibility index (Phi) is 6.56. The average molecular weight is 240 g/mol. The van der Waals surface area contributed by atoms with Gasteiger partial charge in [0.25, 0.3) is 0 Å². The van der Waals surface area contributed by atoms with Gasteiger partial charge in [0.2, 0.25) is 5.91 Å². The van der Waals surface area contributed by atoms with Gasteiger partial charge in [-0.1, -0.05) is 33.6 Å². The summed E-state index contributed by atoms with van der Waals surface area (Å²) in [5.41, 5.74) is 0. The Morgan fingerprint density at radius 3 is 2.71 bits per heavy atom. The maximum atomic E-state index is 12.3. The van der Waals surface area contributed by atoms with Gasteiger partial charge in [0.15, 0.2) is 0 Å². The minimum Gasteiger partial charge on any atom is -0.338 e. The van der Waals surface area contributed by atoms with Crippen LogP contribution in [0.3, 0.4) is 0 Å². The van der Waals surface area contributed by atoms with Crippen LogP contribution in [0.1, 0.15) is 52.9 Å². The third-order valence-corrected chi connectivity index (χ3v) is 3.56. The fourth-order valence-corrected chi connectivity index (χ4v) is 2.67. The minimum absolute atomic E-state index is 0.363. The number of carbonyl (C=O) groups excluding carboxylic acids is 1. The van der Waals surface area contributed by atoms with Crippen LogP contribution >= 0.6 is 0 Å². The molecule has 1 fully saturated rings. The van der Waals surface area contributed by atoms with E-state index in [0.29, 0.717) is 17.9 Å². The van der Waals surface area contributed by atoms with Gasteiger partial charge >= 0.3 is 0 Å². The third kappa shape index (κ3) is 4.66. The van der Waals surface area contributed by atoms with Crippen LogP contribution < -0.4 is 5.32 Å². The van der Waals surface area contributed by atoms with Crippen molar-refractivity contribution >= 4 is 5.91 Å². The summed E-state index contributed by atoms with van der Waals surface area (Å²) >= 11 is 0. The summed E-state index contributed by atoms with van der Waals surface area (Å²) in [4.78, 5) is 14.4. The van der Waals surface area contributed by atoms with E-state index in [1.54, 1.807) is 0 Å². The lowest BCUT2D eigenvalue weighted by atomic mass is 10.0. The average Bonchev–Trinajstić information content (AvgIpc) is 2.79. The Labute approximate surface area is 106 Å². The van der Waals surface area contributed by atoms with Crippen LogP contribution in [0.4, 0.5) is 0 Å². The molecule has 2 atom stereocenters. The Bertz CT molecular complexity index is 224. The van der Waals surface area contributed by atoms with E-state index in [9.17, 15) is 4.79 Å². The highest BCUT2D eigenvalue weighted by molar-refractivity contribution is 5.76. The van der Waals surface area contributed by atoms with Crippen molar-refractivity contribution in [2.45, 2.75) is 58.9 Å². The first-order valence-corrected chi connectivity index (χ1v) is 7.19. The molecule has 0 aromatic heterocycles. The zero-order valence-electron chi connectivity index (χ0n) is 11.7. The number of nitrogens with one attached hydrogen (secondary N) is 1. The summed E-state index contributed by atoms with van der Waals surface area (Å²) in [6, 6.07) is 0.441. The van der Waals surface area contributed by atoms with Gasteiger partial charge in [-0.2, -0.15) is 0 Å². The van der Waals surface area contributed by atoms with Crippen molar-refractivity contribution in [1.82, 2.24) is 10.2 Å². The molecule has 2 unspecified atom stereocenters. The molecular formula is C14H28N2O. The molecule has 1 amide bonds. The normalized spacial score (nSPS) is 21.5. The first kappa shape index (κ1) is 14.5. The topological polar surface area (TPSA) is 32.3 Å². The van der Waals surface area contributed by atoms with Crippen molar-refractivity contribution in [3.8, 4) is 0 Å². The van der Waals surface area contributed by atoms with Crippen molar-refractivity contribution in [3.63, 3.8) is 0 Å². The number of nitrogens with zero attached hydrogens (tertiary/aromatic N) is 1. The van der Waals surface area contributed by atoms with Gasteiger partial charge in [-0.05, 0) is 25.3 Å². The fraction of sp³-hybridized carbons (Fsp3) is 0.929. The van der Waals surface area contributed by atoms with Crippen LogP contribution in [0, 0.1) is 5.92 Å². The van der Waals surface area contributed by atoms with Crippen molar-refractivity contribution in [3.05, 3.63) is 0 Å². The number of rotatable bonds is 7. The van der Waals surface area contributed by atoms with Crippen LogP contribution in [-0.4, -0.2) is 36.5 Å². The lowest BCUT2D eigenvalue weighted by molar-refractivity contribution is -0.134. The van der Waals surface area contributed by atoms with Gasteiger partial charge in [0.1, 0.15) is 0 Å². The second-order valence-corrected chi connectivity index (χ2v) is 5.33. The van der Waals surface area contributed by atoms with Crippen LogP contribution in [0.2, 0.25) is 0 Å². The quantitative estimate of drug-likeness (QED) is 0.741. The summed E-state index contributed by atoms with van der Waals surface area (Å²) < 4.78 is 0. The molecule has 0 radical (unpaired) electrons. The first-order valence-electron chi connectivity index (χ1n) is 7.19. The predicted molar refractivity (Wildman–Crippen MR) is 72.0 cm³/mol. The molecule has 1 aliphatic rings. The Morgan fingerprint density at radius 2 is 2.18 bits per heavy atom. The third-order valence-electron chi connectivity index (χ3n) is 3.56. The maximum absolute atomic E-state index is 12.3. The molecule has 17 heavy (non-hydrogen) atoms. The standard InChI is InChI=1S/C14H28N2O/c1-4-6-12(3)10-14(17)16(9-5-2)13-7-8-15-11-13/h12-13,15H,4-11H2,1-3H3. The van der Waals surface area contributed by atoms with Gasteiger partial charge in [0, 0.05) is 25.6 Å². The molecule has 0 aliphatic carbocycles. The molecule has 1 aliphatic heterocycles. The molecular weight excluding hydrogens is 212 g/mol. The van der Waals surface area contributed by atoms with Gasteiger partial charge in [0.05, 0.1) is 0 Å². The fourth-order valence-electron chi connectivity index (χ4n) is 2.67. The number of carbonyl (C=O) groups is 1. The predicted octanol–water partition coefficient (Wildman–Crippen LogP) is 2.41. The monoisotopic (exact) mass is 240 g/mol. The lowest BCUT2D eigenvalue weighted by Gasteiger charge is -2.29. The van der Waals surface area contributed by atoms with E-state index in [0.717, 1.165) is 45.3 Å². The second kappa shape index (κ2) is 7.70. The molecule has 0 aromatic carbocycles. The molecule has 0 spiro atoms. The number of hydrogen-bond donors (Lipinski definition) is 1. The van der Waals surface area contributed by atoms with E-state index in [-0.39, 0.29) is 0 Å².